The molecule has 6 rings (SSSR count). The zero-order chi connectivity index (χ0) is 30.5. The Hall–Kier alpha value is -4.30. The van der Waals surface area contributed by atoms with Gasteiger partial charge in [0.2, 0.25) is 0 Å². The molecule has 0 radical (unpaired) electrons. The molecular formula is C37H31NO4S2. The van der Waals surface area contributed by atoms with E-state index in [0.29, 0.717) is 0 Å². The van der Waals surface area contributed by atoms with Gasteiger partial charge in [0.05, 0.1) is 0 Å². The summed E-state index contributed by atoms with van der Waals surface area (Å²) in [7, 11) is 0. The predicted molar refractivity (Wildman–Crippen MR) is 179 cm³/mol. The van der Waals surface area contributed by atoms with E-state index in [0.717, 1.165) is 50.9 Å². The molecule has 0 amide bonds. The van der Waals surface area contributed by atoms with Gasteiger partial charge < -0.3 is 9.84 Å². The smallest absolute Gasteiger partial charge is 0.382 e. The first-order valence-electron chi connectivity index (χ1n) is 14.4. The number of rotatable bonds is 10. The maximum atomic E-state index is 13.9. The van der Waals surface area contributed by atoms with Crippen LogP contribution in [0.5, 0.6) is 0 Å². The fourth-order valence-electron chi connectivity index (χ4n) is 6.24. The van der Waals surface area contributed by atoms with Crippen molar-refractivity contribution in [1.29, 1.82) is 0 Å². The van der Waals surface area contributed by atoms with Crippen molar-refractivity contribution in [2.75, 3.05) is 12.4 Å². The lowest BCUT2D eigenvalue weighted by molar-refractivity contribution is -0.141. The molecule has 0 aliphatic heterocycles. The molecule has 1 N–H and O–H groups in total. The minimum atomic E-state index is -1.17. The van der Waals surface area contributed by atoms with Crippen LogP contribution in [0, 0.1) is 0 Å². The molecule has 44 heavy (non-hydrogen) atoms. The van der Waals surface area contributed by atoms with Crippen LogP contribution in [-0.2, 0) is 15.1 Å². The third-order valence-corrected chi connectivity index (χ3v) is 9.49. The van der Waals surface area contributed by atoms with Gasteiger partial charge in [0.25, 0.3) is 0 Å². The Morgan fingerprint density at radius 2 is 1.11 bits per heavy atom. The second kappa shape index (κ2) is 13.1. The Morgan fingerprint density at radius 1 is 0.705 bits per heavy atom. The zero-order valence-corrected chi connectivity index (χ0v) is 25.5. The van der Waals surface area contributed by atoms with Crippen molar-refractivity contribution < 1.29 is 19.4 Å². The number of carbonyl (C=O) groups excluding carboxylic acids is 1. The lowest BCUT2D eigenvalue weighted by atomic mass is 9.76. The highest BCUT2D eigenvalue weighted by molar-refractivity contribution is 8.11. The Labute approximate surface area is 267 Å². The van der Waals surface area contributed by atoms with Crippen LogP contribution >= 0.6 is 24.6 Å². The van der Waals surface area contributed by atoms with E-state index < -0.39 is 22.9 Å². The molecule has 0 heterocycles. The normalized spacial score (nSPS) is 13.2. The van der Waals surface area contributed by atoms with Crippen molar-refractivity contribution in [2.24, 2.45) is 0 Å². The van der Waals surface area contributed by atoms with Gasteiger partial charge in [-0.25, -0.2) is 9.10 Å². The van der Waals surface area contributed by atoms with E-state index in [4.69, 9.17) is 4.74 Å². The van der Waals surface area contributed by atoms with E-state index in [1.807, 2.05) is 115 Å². The van der Waals surface area contributed by atoms with Crippen LogP contribution in [-0.4, -0.2) is 39.1 Å². The van der Waals surface area contributed by atoms with Gasteiger partial charge in [-0.15, -0.1) is 0 Å². The SMILES string of the molecule is O=C(OCC1c2ccccc2-c2ccccc21)SN([C@@H](CS)C(=O)O)C(c1ccccc1)(c1ccccc1)c1ccccc1. The van der Waals surface area contributed by atoms with Crippen molar-refractivity contribution in [3.05, 3.63) is 167 Å². The predicted octanol–water partition coefficient (Wildman–Crippen LogP) is 8.26. The Balaban J connectivity index is 1.43. The number of carboxylic acids is 1. The van der Waals surface area contributed by atoms with Crippen molar-refractivity contribution in [1.82, 2.24) is 4.31 Å². The van der Waals surface area contributed by atoms with Gasteiger partial charge >= 0.3 is 11.3 Å². The maximum Gasteiger partial charge on any atom is 0.382 e. The van der Waals surface area contributed by atoms with Gasteiger partial charge in [0.15, 0.2) is 0 Å². The van der Waals surface area contributed by atoms with E-state index >= 15 is 0 Å². The molecule has 5 nitrogen and oxygen atoms in total. The Morgan fingerprint density at radius 3 is 1.52 bits per heavy atom. The van der Waals surface area contributed by atoms with E-state index in [2.05, 4.69) is 36.9 Å². The first-order chi connectivity index (χ1) is 21.6. The number of hydrogen-bond donors (Lipinski definition) is 2. The topological polar surface area (TPSA) is 66.8 Å². The van der Waals surface area contributed by atoms with Gasteiger partial charge in [0.1, 0.15) is 18.2 Å². The number of nitrogens with zero attached hydrogens (tertiary/aromatic N) is 1. The van der Waals surface area contributed by atoms with Crippen LogP contribution in [0.1, 0.15) is 33.7 Å². The monoisotopic (exact) mass is 617 g/mol. The highest BCUT2D eigenvalue weighted by atomic mass is 32.2. The average molecular weight is 618 g/mol. The molecule has 0 aromatic heterocycles. The van der Waals surface area contributed by atoms with Crippen LogP contribution in [0.25, 0.3) is 11.1 Å². The Bertz CT molecular complexity index is 1610. The number of fused-ring (bicyclic) bond motifs is 3. The van der Waals surface area contributed by atoms with Gasteiger partial charge in [-0.3, -0.25) is 4.79 Å². The number of carbonyl (C=O) groups is 2. The Kier molecular flexibility index (Phi) is 8.89. The van der Waals surface area contributed by atoms with E-state index in [1.54, 1.807) is 4.31 Å². The molecule has 0 unspecified atom stereocenters. The molecule has 7 heteroatoms. The molecule has 0 saturated heterocycles. The summed E-state index contributed by atoms with van der Waals surface area (Å²) < 4.78 is 7.67. The van der Waals surface area contributed by atoms with E-state index in [1.165, 1.54) is 0 Å². The minimum Gasteiger partial charge on any atom is -0.480 e. The molecule has 1 atom stereocenters. The minimum absolute atomic E-state index is 0.0345. The summed E-state index contributed by atoms with van der Waals surface area (Å²) >= 11 is 5.27. The third kappa shape index (κ3) is 5.43. The average Bonchev–Trinajstić information content (AvgIpc) is 3.39. The zero-order valence-electron chi connectivity index (χ0n) is 23.8. The van der Waals surface area contributed by atoms with E-state index in [9.17, 15) is 14.7 Å². The quantitative estimate of drug-likeness (QED) is 0.0712. The molecule has 0 spiro atoms. The summed E-state index contributed by atoms with van der Waals surface area (Å²) in [4.78, 5) is 26.8. The summed E-state index contributed by atoms with van der Waals surface area (Å²) in [5, 5.41) is 9.93. The number of ether oxygens (including phenoxy) is 1. The van der Waals surface area contributed by atoms with Crippen LogP contribution in [0.15, 0.2) is 140 Å². The van der Waals surface area contributed by atoms with Crippen LogP contribution < -0.4 is 0 Å². The number of thiol groups is 1. The van der Waals surface area contributed by atoms with Crippen LogP contribution in [0.4, 0.5) is 4.79 Å². The molecule has 1 aliphatic carbocycles. The van der Waals surface area contributed by atoms with Crippen LogP contribution in [0.2, 0.25) is 0 Å². The lowest BCUT2D eigenvalue weighted by Gasteiger charge is -2.46. The molecule has 0 saturated carbocycles. The molecule has 0 bridgehead atoms. The molecule has 0 fully saturated rings. The highest BCUT2D eigenvalue weighted by Crippen LogP contribution is 2.48. The fourth-order valence-corrected chi connectivity index (χ4v) is 7.69. The number of hydrogen-bond acceptors (Lipinski definition) is 6. The van der Waals surface area contributed by atoms with E-state index in [-0.39, 0.29) is 18.3 Å². The molecule has 1 aliphatic rings. The van der Waals surface area contributed by atoms with Crippen molar-refractivity contribution in [3.8, 4) is 11.1 Å². The number of benzene rings is 5. The lowest BCUT2D eigenvalue weighted by Crippen LogP contribution is -2.53. The summed E-state index contributed by atoms with van der Waals surface area (Å²) in [5.74, 6) is -1.25. The van der Waals surface area contributed by atoms with Crippen molar-refractivity contribution >= 4 is 35.8 Å². The summed E-state index contributed by atoms with van der Waals surface area (Å²) in [6.45, 7) is 0.126. The second-order valence-electron chi connectivity index (χ2n) is 10.6. The fraction of sp³-hybridized carbons (Fsp3) is 0.135. The summed E-state index contributed by atoms with van der Waals surface area (Å²) in [5.41, 5.74) is 5.74. The van der Waals surface area contributed by atoms with Crippen LogP contribution in [0.3, 0.4) is 0 Å². The highest BCUT2D eigenvalue weighted by Gasteiger charge is 2.49. The van der Waals surface area contributed by atoms with Crippen molar-refractivity contribution in [3.63, 3.8) is 0 Å². The van der Waals surface area contributed by atoms with Gasteiger partial charge in [-0.1, -0.05) is 140 Å². The first-order valence-corrected chi connectivity index (χ1v) is 15.8. The summed E-state index contributed by atoms with van der Waals surface area (Å²) in [6, 6.07) is 44.2. The maximum absolute atomic E-state index is 13.9. The number of aliphatic carboxylic acids is 1. The largest absolute Gasteiger partial charge is 0.480 e. The second-order valence-corrected chi connectivity index (χ2v) is 11.8. The standard InChI is InChI=1S/C37H31NO4S2/c39-35(40)34(25-43)38(44-36(41)42-24-33-31-22-12-10-20-29(31)30-21-11-13-23-32(30)33)37(26-14-4-1-5-15-26,27-16-6-2-7-17-27)28-18-8-3-9-19-28/h1-23,33-34,43H,24-25H2,(H,39,40)/t34-/m0/s1. The first kappa shape index (κ1) is 29.8. The molecule has 220 valence electrons. The van der Waals surface area contributed by atoms with Gasteiger partial charge in [0, 0.05) is 23.6 Å². The third-order valence-electron chi connectivity index (χ3n) is 8.15. The number of carboxylic acid groups (broad SMARTS) is 1. The summed E-state index contributed by atoms with van der Waals surface area (Å²) in [6.07, 6.45) is 0. The van der Waals surface area contributed by atoms with Crippen molar-refractivity contribution in [2.45, 2.75) is 17.5 Å². The molecule has 5 aromatic rings. The molecule has 5 aromatic carbocycles. The van der Waals surface area contributed by atoms with Gasteiger partial charge in [-0.05, 0) is 38.9 Å². The molecular weight excluding hydrogens is 587 g/mol. The van der Waals surface area contributed by atoms with Gasteiger partial charge in [-0.2, -0.15) is 12.6 Å².